The molecular formula is C10H18F3N3. The molecule has 0 rings (SSSR count). The van der Waals surface area contributed by atoms with E-state index < -0.39 is 18.3 Å². The molecule has 0 spiro atoms. The predicted octanol–water partition coefficient (Wildman–Crippen LogP) is 1.76. The van der Waals surface area contributed by atoms with E-state index in [2.05, 4.69) is 11.4 Å². The molecule has 0 aliphatic rings. The number of halogens is 3. The van der Waals surface area contributed by atoms with Gasteiger partial charge in [0, 0.05) is 6.04 Å². The van der Waals surface area contributed by atoms with E-state index in [1.54, 1.807) is 20.9 Å². The molecule has 0 aromatic heterocycles. The Bertz CT molecular complexity index is 259. The molecule has 2 atom stereocenters. The number of hydrogen-bond donors (Lipinski definition) is 1. The van der Waals surface area contributed by atoms with Gasteiger partial charge in [-0.2, -0.15) is 18.4 Å². The van der Waals surface area contributed by atoms with Gasteiger partial charge in [-0.15, -0.1) is 0 Å². The van der Waals surface area contributed by atoms with E-state index in [0.29, 0.717) is 6.42 Å². The highest BCUT2D eigenvalue weighted by molar-refractivity contribution is 5.04. The molecule has 94 valence electrons. The van der Waals surface area contributed by atoms with E-state index in [0.717, 1.165) is 0 Å². The van der Waals surface area contributed by atoms with Gasteiger partial charge in [0.05, 0.1) is 12.6 Å². The van der Waals surface area contributed by atoms with Crippen molar-refractivity contribution in [3.8, 4) is 6.07 Å². The molecule has 0 aliphatic heterocycles. The van der Waals surface area contributed by atoms with Gasteiger partial charge in [0.25, 0.3) is 0 Å². The molecule has 16 heavy (non-hydrogen) atoms. The molecule has 0 bridgehead atoms. The summed E-state index contributed by atoms with van der Waals surface area (Å²) in [7, 11) is 3.03. The minimum atomic E-state index is -4.20. The number of hydrogen-bond acceptors (Lipinski definition) is 3. The Kier molecular flexibility index (Phi) is 5.23. The molecule has 0 radical (unpaired) electrons. The van der Waals surface area contributed by atoms with E-state index in [4.69, 9.17) is 5.26 Å². The minimum Gasteiger partial charge on any atom is -0.303 e. The molecule has 0 saturated heterocycles. The zero-order chi connectivity index (χ0) is 13.0. The zero-order valence-corrected chi connectivity index (χ0v) is 10.0. The fraction of sp³-hybridized carbons (Fsp3) is 0.900. The Morgan fingerprint density at radius 3 is 2.25 bits per heavy atom. The summed E-state index contributed by atoms with van der Waals surface area (Å²) in [5.74, 6) is 0. The van der Waals surface area contributed by atoms with Crippen molar-refractivity contribution in [2.45, 2.75) is 38.0 Å². The third-order valence-corrected chi connectivity index (χ3v) is 2.68. The van der Waals surface area contributed by atoms with E-state index in [1.165, 1.54) is 11.9 Å². The fourth-order valence-corrected chi connectivity index (χ4v) is 1.39. The first kappa shape index (κ1) is 15.2. The average Bonchev–Trinajstić information content (AvgIpc) is 2.15. The number of alkyl halides is 3. The summed E-state index contributed by atoms with van der Waals surface area (Å²) in [6, 6.07) is 1.74. The molecule has 0 aliphatic carbocycles. The summed E-state index contributed by atoms with van der Waals surface area (Å²) in [4.78, 5) is 1.20. The van der Waals surface area contributed by atoms with Crippen LogP contribution >= 0.6 is 0 Å². The molecule has 0 amide bonds. The topological polar surface area (TPSA) is 39.1 Å². The van der Waals surface area contributed by atoms with Crippen LogP contribution in [0, 0.1) is 11.3 Å². The predicted molar refractivity (Wildman–Crippen MR) is 55.8 cm³/mol. The second kappa shape index (κ2) is 5.51. The van der Waals surface area contributed by atoms with Crippen LogP contribution in [0.1, 0.15) is 20.3 Å². The highest BCUT2D eigenvalue weighted by Gasteiger charge is 2.33. The Morgan fingerprint density at radius 1 is 1.44 bits per heavy atom. The molecule has 3 nitrogen and oxygen atoms in total. The van der Waals surface area contributed by atoms with Crippen molar-refractivity contribution < 1.29 is 13.2 Å². The lowest BCUT2D eigenvalue weighted by molar-refractivity contribution is -0.147. The minimum absolute atomic E-state index is 0.321. The molecule has 0 heterocycles. The van der Waals surface area contributed by atoms with Crippen molar-refractivity contribution in [2.75, 3.05) is 20.6 Å². The maximum atomic E-state index is 12.1. The van der Waals surface area contributed by atoms with Crippen LogP contribution in [0.4, 0.5) is 13.2 Å². The third kappa shape index (κ3) is 5.33. The molecule has 2 unspecified atom stereocenters. The van der Waals surface area contributed by atoms with Gasteiger partial charge in [-0.25, -0.2) is 0 Å². The quantitative estimate of drug-likeness (QED) is 0.792. The SMILES string of the molecule is CNC(C)(C#N)CC(C)N(C)CC(F)(F)F. The number of nitrogens with zero attached hydrogens (tertiary/aromatic N) is 2. The Morgan fingerprint density at radius 2 is 1.94 bits per heavy atom. The lowest BCUT2D eigenvalue weighted by Gasteiger charge is -2.31. The van der Waals surface area contributed by atoms with E-state index in [9.17, 15) is 13.2 Å². The highest BCUT2D eigenvalue weighted by atomic mass is 19.4. The first-order chi connectivity index (χ1) is 7.13. The smallest absolute Gasteiger partial charge is 0.303 e. The Balaban J connectivity index is 4.37. The van der Waals surface area contributed by atoms with Crippen LogP contribution in [0.3, 0.4) is 0 Å². The van der Waals surface area contributed by atoms with Gasteiger partial charge < -0.3 is 5.32 Å². The molecule has 1 N–H and O–H groups in total. The fourth-order valence-electron chi connectivity index (χ4n) is 1.39. The molecule has 0 saturated carbocycles. The molecular weight excluding hydrogens is 219 g/mol. The Hall–Kier alpha value is -0.800. The first-order valence-electron chi connectivity index (χ1n) is 5.00. The van der Waals surface area contributed by atoms with Crippen molar-refractivity contribution in [2.24, 2.45) is 0 Å². The molecule has 0 fully saturated rings. The highest BCUT2D eigenvalue weighted by Crippen LogP contribution is 2.20. The van der Waals surface area contributed by atoms with E-state index >= 15 is 0 Å². The van der Waals surface area contributed by atoms with E-state index in [-0.39, 0.29) is 6.04 Å². The number of nitrogens with one attached hydrogen (secondary N) is 1. The van der Waals surface area contributed by atoms with Crippen molar-refractivity contribution in [1.29, 1.82) is 5.26 Å². The van der Waals surface area contributed by atoms with Crippen molar-refractivity contribution >= 4 is 0 Å². The summed E-state index contributed by atoms with van der Waals surface area (Å²) >= 11 is 0. The monoisotopic (exact) mass is 237 g/mol. The van der Waals surface area contributed by atoms with E-state index in [1.807, 2.05) is 0 Å². The normalized spacial score (nSPS) is 17.9. The zero-order valence-electron chi connectivity index (χ0n) is 10.0. The summed E-state index contributed by atoms with van der Waals surface area (Å²) in [6.45, 7) is 2.39. The van der Waals surface area contributed by atoms with Gasteiger partial charge in [-0.1, -0.05) is 0 Å². The number of rotatable bonds is 5. The summed E-state index contributed by atoms with van der Waals surface area (Å²) in [5, 5.41) is 11.7. The van der Waals surface area contributed by atoms with Gasteiger partial charge >= 0.3 is 6.18 Å². The van der Waals surface area contributed by atoms with Gasteiger partial charge in [0.2, 0.25) is 0 Å². The standard InChI is InChI=1S/C10H18F3N3/c1-8(5-9(2,6-14)15-3)16(4)7-10(11,12)13/h8,15H,5,7H2,1-4H3. The maximum Gasteiger partial charge on any atom is 0.401 e. The van der Waals surface area contributed by atoms with Gasteiger partial charge in [0.15, 0.2) is 0 Å². The second-order valence-electron chi connectivity index (χ2n) is 4.28. The van der Waals surface area contributed by atoms with Crippen molar-refractivity contribution in [3.63, 3.8) is 0 Å². The van der Waals surface area contributed by atoms with Gasteiger partial charge in [-0.3, -0.25) is 4.90 Å². The van der Waals surface area contributed by atoms with Crippen LogP contribution in [-0.2, 0) is 0 Å². The second-order valence-corrected chi connectivity index (χ2v) is 4.28. The maximum absolute atomic E-state index is 12.1. The summed E-state index contributed by atoms with van der Waals surface area (Å²) < 4.78 is 36.4. The molecule has 0 aromatic carbocycles. The van der Waals surface area contributed by atoms with Crippen LogP contribution < -0.4 is 5.32 Å². The third-order valence-electron chi connectivity index (χ3n) is 2.68. The van der Waals surface area contributed by atoms with Crippen LogP contribution in [0.2, 0.25) is 0 Å². The van der Waals surface area contributed by atoms with Gasteiger partial charge in [0.1, 0.15) is 5.54 Å². The summed E-state index contributed by atoms with van der Waals surface area (Å²) in [5.41, 5.74) is -0.792. The number of nitriles is 1. The lowest BCUT2D eigenvalue weighted by atomic mass is 9.95. The lowest BCUT2D eigenvalue weighted by Crippen LogP contribution is -2.46. The van der Waals surface area contributed by atoms with Crippen LogP contribution in [-0.4, -0.2) is 43.3 Å². The molecule has 6 heteroatoms. The molecule has 0 aromatic rings. The van der Waals surface area contributed by atoms with Crippen LogP contribution in [0.5, 0.6) is 0 Å². The first-order valence-corrected chi connectivity index (χ1v) is 5.00. The van der Waals surface area contributed by atoms with Crippen molar-refractivity contribution in [3.05, 3.63) is 0 Å². The van der Waals surface area contributed by atoms with Crippen molar-refractivity contribution in [1.82, 2.24) is 10.2 Å². The average molecular weight is 237 g/mol. The van der Waals surface area contributed by atoms with Gasteiger partial charge in [-0.05, 0) is 34.4 Å². The largest absolute Gasteiger partial charge is 0.401 e. The summed E-state index contributed by atoms with van der Waals surface area (Å²) in [6.07, 6.45) is -3.86. The van der Waals surface area contributed by atoms with Crippen LogP contribution in [0.15, 0.2) is 0 Å². The Labute approximate surface area is 94.2 Å². The van der Waals surface area contributed by atoms with Crippen LogP contribution in [0.25, 0.3) is 0 Å².